The maximum absolute atomic E-state index is 12.8. The molecule has 0 aromatic heterocycles. The average molecular weight is 487 g/mol. The molecule has 0 atom stereocenters. The fraction of sp³-hybridized carbons (Fsp3) is 0.538. The SMILES string of the molecule is [CH3][Sn]([CH3])([CH3])[N](c1cccc(C(F)(F)F)c1)[Sn]([CH3])([CH3])[CH3]. The molecule has 0 aliphatic carbocycles. The van der Waals surface area contributed by atoms with Crippen molar-refractivity contribution in [1.82, 2.24) is 0 Å². The van der Waals surface area contributed by atoms with E-state index in [0.29, 0.717) is 0 Å². The molecule has 0 bridgehead atoms. The van der Waals surface area contributed by atoms with Crippen LogP contribution in [0.2, 0.25) is 29.6 Å². The van der Waals surface area contributed by atoms with Crippen LogP contribution < -0.4 is 1.34 Å². The minimum absolute atomic E-state index is 0.541. The summed E-state index contributed by atoms with van der Waals surface area (Å²) >= 11 is -4.93. The molecule has 1 nitrogen and oxygen atoms in total. The summed E-state index contributed by atoms with van der Waals surface area (Å²) in [5, 5.41) is 0. The van der Waals surface area contributed by atoms with E-state index < -0.39 is 49.0 Å². The van der Waals surface area contributed by atoms with Gasteiger partial charge in [0.1, 0.15) is 0 Å². The van der Waals surface area contributed by atoms with Crippen LogP contribution in [0.4, 0.5) is 18.9 Å². The van der Waals surface area contributed by atoms with Crippen LogP contribution in [0.3, 0.4) is 0 Å². The van der Waals surface area contributed by atoms with Crippen molar-refractivity contribution in [2.75, 3.05) is 1.34 Å². The summed E-state index contributed by atoms with van der Waals surface area (Å²) in [4.78, 5) is 13.6. The van der Waals surface area contributed by atoms with Gasteiger partial charge < -0.3 is 0 Å². The molecule has 1 aromatic rings. The Morgan fingerprint density at radius 1 is 0.895 bits per heavy atom. The quantitative estimate of drug-likeness (QED) is 0.532. The van der Waals surface area contributed by atoms with Crippen molar-refractivity contribution in [1.29, 1.82) is 0 Å². The van der Waals surface area contributed by atoms with E-state index >= 15 is 0 Å². The van der Waals surface area contributed by atoms with E-state index in [4.69, 9.17) is 0 Å². The second-order valence-corrected chi connectivity index (χ2v) is 37.7. The van der Waals surface area contributed by atoms with Crippen LogP contribution in [0.25, 0.3) is 0 Å². The van der Waals surface area contributed by atoms with Gasteiger partial charge in [-0.2, -0.15) is 0 Å². The van der Waals surface area contributed by atoms with Gasteiger partial charge in [-0.05, 0) is 0 Å². The third kappa shape index (κ3) is 4.72. The van der Waals surface area contributed by atoms with E-state index in [1.54, 1.807) is 0 Å². The summed E-state index contributed by atoms with van der Waals surface area (Å²) in [6, 6.07) is 5.84. The fourth-order valence-electron chi connectivity index (χ4n) is 2.60. The van der Waals surface area contributed by atoms with Crippen LogP contribution >= 0.6 is 0 Å². The summed E-state index contributed by atoms with van der Waals surface area (Å²) in [5.41, 5.74) is 0.238. The van der Waals surface area contributed by atoms with Gasteiger partial charge in [0.2, 0.25) is 0 Å². The molecule has 108 valence electrons. The van der Waals surface area contributed by atoms with Crippen molar-refractivity contribution < 1.29 is 13.2 Å². The Hall–Kier alpha value is 0.407. The predicted octanol–water partition coefficient (Wildman–Crippen LogP) is 5.18. The number of anilines is 1. The summed E-state index contributed by atoms with van der Waals surface area (Å²) in [5.74, 6) is 0. The van der Waals surface area contributed by atoms with E-state index in [1.807, 2.05) is 6.07 Å². The van der Waals surface area contributed by atoms with Crippen molar-refractivity contribution in [3.8, 4) is 0 Å². The second kappa shape index (κ2) is 5.65. The predicted molar refractivity (Wildman–Crippen MR) is 80.6 cm³/mol. The van der Waals surface area contributed by atoms with Crippen LogP contribution in [0, 0.1) is 0 Å². The molecule has 0 saturated carbocycles. The van der Waals surface area contributed by atoms with Crippen molar-refractivity contribution in [3.05, 3.63) is 29.8 Å². The Morgan fingerprint density at radius 3 is 1.74 bits per heavy atom. The van der Waals surface area contributed by atoms with Crippen molar-refractivity contribution >= 4 is 43.0 Å². The van der Waals surface area contributed by atoms with Gasteiger partial charge in [-0.25, -0.2) is 0 Å². The number of hydrogen-bond donors (Lipinski definition) is 0. The van der Waals surface area contributed by atoms with Crippen molar-refractivity contribution in [2.45, 2.75) is 35.8 Å². The third-order valence-corrected chi connectivity index (χ3v) is 37.6. The normalized spacial score (nSPS) is 13.5. The number of halogens is 3. The molecular weight excluding hydrogens is 465 g/mol. The van der Waals surface area contributed by atoms with Crippen LogP contribution in [0.15, 0.2) is 24.3 Å². The van der Waals surface area contributed by atoms with Crippen molar-refractivity contribution in [3.63, 3.8) is 0 Å². The molecule has 0 fully saturated rings. The van der Waals surface area contributed by atoms with Gasteiger partial charge in [0.05, 0.1) is 0 Å². The molecule has 0 spiro atoms. The standard InChI is InChI=1S/C7H4F3N.6CH3.2Sn/c8-7(9,10)5-2-1-3-6(11)4-5;;;;;;;;/h1-4H;6*1H3;;. The fourth-order valence-corrected chi connectivity index (χ4v) is 52.1. The zero-order chi connectivity index (χ0) is 15.1. The van der Waals surface area contributed by atoms with Gasteiger partial charge in [0, 0.05) is 0 Å². The molecule has 6 heteroatoms. The van der Waals surface area contributed by atoms with E-state index in [-0.39, 0.29) is 0 Å². The van der Waals surface area contributed by atoms with Gasteiger partial charge in [-0.15, -0.1) is 0 Å². The summed E-state index contributed by atoms with van der Waals surface area (Å²) < 4.78 is 40.9. The Bertz CT molecular complexity index is 430. The van der Waals surface area contributed by atoms with Gasteiger partial charge in [0.25, 0.3) is 0 Å². The van der Waals surface area contributed by atoms with E-state index in [0.717, 1.165) is 11.8 Å². The molecule has 0 unspecified atom stereocenters. The van der Waals surface area contributed by atoms with E-state index in [1.165, 1.54) is 12.1 Å². The summed E-state index contributed by atoms with van der Waals surface area (Å²) in [6.07, 6.45) is -4.26. The summed E-state index contributed by atoms with van der Waals surface area (Å²) in [7, 11) is 0. The first-order valence-electron chi connectivity index (χ1n) is 6.31. The summed E-state index contributed by atoms with van der Waals surface area (Å²) in [6.45, 7) is 0. The molecule has 19 heavy (non-hydrogen) atoms. The molecule has 1 aromatic carbocycles. The first-order valence-corrected chi connectivity index (χ1v) is 26.0. The number of nitrogens with zero attached hydrogens (tertiary/aromatic N) is 1. The van der Waals surface area contributed by atoms with Crippen LogP contribution in [-0.2, 0) is 6.18 Å². The zero-order valence-corrected chi connectivity index (χ0v) is 18.1. The number of alkyl halides is 3. The zero-order valence-electron chi connectivity index (χ0n) is 12.4. The first-order chi connectivity index (χ1) is 8.33. The molecule has 0 aliphatic rings. The Kier molecular flexibility index (Phi) is 5.20. The van der Waals surface area contributed by atoms with Gasteiger partial charge in [-0.3, -0.25) is 0 Å². The topological polar surface area (TPSA) is 3.24 Å². The van der Waals surface area contributed by atoms with Crippen molar-refractivity contribution in [2.24, 2.45) is 0 Å². The van der Waals surface area contributed by atoms with Crippen LogP contribution in [-0.4, -0.2) is 37.3 Å². The van der Waals surface area contributed by atoms with Gasteiger partial charge in [-0.1, -0.05) is 0 Å². The van der Waals surface area contributed by atoms with Gasteiger partial charge >= 0.3 is 123 Å². The Labute approximate surface area is 122 Å². The average Bonchev–Trinajstić information content (AvgIpc) is 2.11. The first kappa shape index (κ1) is 17.5. The molecule has 0 aliphatic heterocycles. The molecule has 0 saturated heterocycles. The monoisotopic (exact) mass is 489 g/mol. The number of hydrogen-bond acceptors (Lipinski definition) is 1. The van der Waals surface area contributed by atoms with Gasteiger partial charge in [0.15, 0.2) is 0 Å². The maximum atomic E-state index is 12.8. The second-order valence-electron chi connectivity index (χ2n) is 6.73. The van der Waals surface area contributed by atoms with E-state index in [9.17, 15) is 13.2 Å². The molecule has 1 rings (SSSR count). The number of benzene rings is 1. The van der Waals surface area contributed by atoms with Crippen LogP contribution in [0.1, 0.15) is 5.56 Å². The van der Waals surface area contributed by atoms with E-state index in [2.05, 4.69) is 31.0 Å². The Morgan fingerprint density at radius 2 is 1.37 bits per heavy atom. The number of rotatable bonds is 3. The molecule has 0 amide bonds. The third-order valence-electron chi connectivity index (χ3n) is 2.77. The molecule has 0 heterocycles. The molecular formula is C13H22F3NSn2. The minimum atomic E-state index is -4.26. The molecule has 0 radical (unpaired) electrons. The van der Waals surface area contributed by atoms with Crippen LogP contribution in [0.5, 0.6) is 0 Å². The Balaban J connectivity index is 3.34. The molecule has 0 N–H and O–H groups in total.